The normalized spacial score (nSPS) is 23.2. The minimum absolute atomic E-state index is 0.0259. The maximum atomic E-state index is 14.8. The smallest absolute Gasteiger partial charge is 0.351 e. The number of aliphatic hydroxyl groups is 1. The Hall–Kier alpha value is -3.22. The molecule has 0 amide bonds. The highest BCUT2D eigenvalue weighted by molar-refractivity contribution is 6.18. The Balaban J connectivity index is 1.27. The molecule has 1 aromatic carbocycles. The quantitative estimate of drug-likeness (QED) is 0.354. The van der Waals surface area contributed by atoms with E-state index in [1.807, 2.05) is 13.8 Å². The number of hydrogen-bond acceptors (Lipinski definition) is 9. The third kappa shape index (κ3) is 4.95. The minimum Gasteiger partial charge on any atom is -0.478 e. The first-order chi connectivity index (χ1) is 19.5. The topological polar surface area (TPSA) is 122 Å². The average Bonchev–Trinajstić information content (AvgIpc) is 3.53. The Kier molecular flexibility index (Phi) is 6.98. The molecular weight excluding hydrogens is 551 g/mol. The molecule has 2 fully saturated rings. The van der Waals surface area contributed by atoms with Crippen molar-refractivity contribution in [2.45, 2.75) is 82.6 Å². The summed E-state index contributed by atoms with van der Waals surface area (Å²) in [7, 11) is 0. The van der Waals surface area contributed by atoms with Crippen LogP contribution >= 0.6 is 11.6 Å². The van der Waals surface area contributed by atoms with Crippen molar-refractivity contribution in [1.29, 1.82) is 0 Å². The van der Waals surface area contributed by atoms with Crippen LogP contribution in [-0.2, 0) is 5.60 Å². The molecule has 2 saturated heterocycles. The number of fused-ring (bicyclic) bond motifs is 4. The third-order valence-corrected chi connectivity index (χ3v) is 8.79. The molecule has 41 heavy (non-hydrogen) atoms. The molecule has 1 unspecified atom stereocenters. The Morgan fingerprint density at radius 1 is 1.29 bits per heavy atom. The summed E-state index contributed by atoms with van der Waals surface area (Å²) >= 11 is 5.99. The van der Waals surface area contributed by atoms with Gasteiger partial charge in [0.05, 0.1) is 24.5 Å². The van der Waals surface area contributed by atoms with E-state index in [1.54, 1.807) is 18.2 Å². The first-order valence-corrected chi connectivity index (χ1v) is 14.6. The van der Waals surface area contributed by atoms with E-state index >= 15 is 0 Å². The molecule has 13 heteroatoms. The van der Waals surface area contributed by atoms with Crippen molar-refractivity contribution < 1.29 is 14.2 Å². The van der Waals surface area contributed by atoms with Gasteiger partial charge in [0.2, 0.25) is 5.95 Å². The van der Waals surface area contributed by atoms with Gasteiger partial charge in [-0.05, 0) is 78.1 Å². The van der Waals surface area contributed by atoms with Gasteiger partial charge in [-0.1, -0.05) is 0 Å². The van der Waals surface area contributed by atoms with Gasteiger partial charge in [0.1, 0.15) is 5.75 Å². The van der Waals surface area contributed by atoms with Crippen LogP contribution < -0.4 is 21.1 Å². The van der Waals surface area contributed by atoms with Gasteiger partial charge >= 0.3 is 5.69 Å². The molecular formula is C28H36ClFN8O3. The summed E-state index contributed by atoms with van der Waals surface area (Å²) in [5.41, 5.74) is -0.255. The fourth-order valence-electron chi connectivity index (χ4n) is 6.57. The molecule has 3 aliphatic heterocycles. The van der Waals surface area contributed by atoms with E-state index in [0.29, 0.717) is 29.0 Å². The van der Waals surface area contributed by atoms with E-state index in [0.717, 1.165) is 32.0 Å². The molecule has 3 aromatic rings. The zero-order valence-corrected chi connectivity index (χ0v) is 24.5. The maximum Gasteiger partial charge on any atom is 0.351 e. The molecule has 0 spiro atoms. The summed E-state index contributed by atoms with van der Waals surface area (Å²) in [5, 5.41) is 20.7. The van der Waals surface area contributed by atoms with Crippen molar-refractivity contribution in [3.63, 3.8) is 0 Å². The molecule has 3 atom stereocenters. The number of aliphatic hydroxyl groups excluding tert-OH is 1. The van der Waals surface area contributed by atoms with Crippen LogP contribution in [-0.4, -0.2) is 71.0 Å². The second-order valence-corrected chi connectivity index (χ2v) is 12.6. The van der Waals surface area contributed by atoms with Gasteiger partial charge in [-0.15, -0.1) is 16.7 Å². The highest BCUT2D eigenvalue weighted by Gasteiger charge is 2.43. The van der Waals surface area contributed by atoms with Crippen LogP contribution in [0.2, 0.25) is 0 Å². The van der Waals surface area contributed by atoms with Crippen molar-refractivity contribution in [3.8, 4) is 11.4 Å². The highest BCUT2D eigenvalue weighted by Crippen LogP contribution is 2.40. The molecule has 11 nitrogen and oxygen atoms in total. The number of piperidine rings is 1. The Bertz CT molecular complexity index is 1520. The van der Waals surface area contributed by atoms with Gasteiger partial charge in [-0.2, -0.15) is 4.98 Å². The molecule has 3 N–H and O–H groups in total. The number of nitrogens with zero attached hydrogens (tertiary/aromatic N) is 6. The number of ether oxygens (including phenoxy) is 1. The first-order valence-electron chi connectivity index (χ1n) is 14.1. The zero-order valence-electron chi connectivity index (χ0n) is 23.7. The van der Waals surface area contributed by atoms with Crippen LogP contribution in [0.25, 0.3) is 5.69 Å². The zero-order chi connectivity index (χ0) is 29.1. The van der Waals surface area contributed by atoms with Gasteiger partial charge < -0.3 is 20.5 Å². The standard InChI is InChI=1S/C28H36ClFN8O3/c1-27(2)12-17(10-18-6-5-9-36(18)27)32-23-20(30)14-31-25(34-23)33-16-7-8-22-21(11-16)37-24(28(3,4)41-22)35-38(26(37)40)19(13-29)15-39/h7-8,11,14,17-19,39H,5-6,9-10,12-13,15H2,1-4H3,(H2,31,32,33,34)/t17-,18+,19?/m1/s1. The van der Waals surface area contributed by atoms with Gasteiger partial charge in [0.15, 0.2) is 23.1 Å². The van der Waals surface area contributed by atoms with Crippen molar-refractivity contribution in [2.24, 2.45) is 0 Å². The molecule has 220 valence electrons. The molecule has 2 aromatic heterocycles. The molecule has 3 aliphatic rings. The van der Waals surface area contributed by atoms with E-state index in [2.05, 4.69) is 44.4 Å². The number of halogens is 2. The van der Waals surface area contributed by atoms with Crippen molar-refractivity contribution in [1.82, 2.24) is 29.2 Å². The summed E-state index contributed by atoms with van der Waals surface area (Å²) in [6.45, 7) is 8.93. The van der Waals surface area contributed by atoms with Crippen LogP contribution in [0.5, 0.6) is 5.75 Å². The lowest BCUT2D eigenvalue weighted by atomic mass is 9.84. The Morgan fingerprint density at radius 2 is 2.10 bits per heavy atom. The van der Waals surface area contributed by atoms with E-state index < -0.39 is 23.1 Å². The predicted octanol–water partition coefficient (Wildman–Crippen LogP) is 3.92. The number of nitrogens with one attached hydrogen (secondary N) is 2. The van der Waals surface area contributed by atoms with Gasteiger partial charge in [0.25, 0.3) is 0 Å². The lowest BCUT2D eigenvalue weighted by molar-refractivity contribution is 0.0500. The number of anilines is 3. The fraction of sp³-hybridized carbons (Fsp3) is 0.571. The number of rotatable bonds is 7. The fourth-order valence-corrected chi connectivity index (χ4v) is 6.79. The van der Waals surface area contributed by atoms with Crippen LogP contribution in [0.15, 0.2) is 29.2 Å². The largest absolute Gasteiger partial charge is 0.478 e. The van der Waals surface area contributed by atoms with Crippen LogP contribution in [0.4, 0.5) is 21.8 Å². The molecule has 0 saturated carbocycles. The summed E-state index contributed by atoms with van der Waals surface area (Å²) < 4.78 is 23.7. The molecule has 5 heterocycles. The number of benzene rings is 1. The lowest BCUT2D eigenvalue weighted by Crippen LogP contribution is -2.55. The second-order valence-electron chi connectivity index (χ2n) is 12.3. The first kappa shape index (κ1) is 27.9. The summed E-state index contributed by atoms with van der Waals surface area (Å²) in [6.07, 6.45) is 5.36. The SMILES string of the molecule is CC1(C)Oc2ccc(Nc3ncc(F)c(N[C@@H]4C[C@@H]5CCCN5C(C)(C)C4)n3)cc2-n2c1nn(C(CO)CCl)c2=O. The number of alkyl halides is 1. The van der Waals surface area contributed by atoms with Crippen LogP contribution in [0, 0.1) is 5.82 Å². The van der Waals surface area contributed by atoms with Gasteiger partial charge in [-0.3, -0.25) is 4.90 Å². The monoisotopic (exact) mass is 586 g/mol. The highest BCUT2D eigenvalue weighted by atomic mass is 35.5. The molecule has 0 aliphatic carbocycles. The second kappa shape index (κ2) is 10.2. The van der Waals surface area contributed by atoms with Crippen LogP contribution in [0.1, 0.15) is 65.2 Å². The lowest BCUT2D eigenvalue weighted by Gasteiger charge is -2.47. The van der Waals surface area contributed by atoms with Gasteiger partial charge in [0, 0.05) is 29.2 Å². The number of hydrogen-bond donors (Lipinski definition) is 3. The molecule has 0 bridgehead atoms. The Labute approximate surface area is 242 Å². The van der Waals surface area contributed by atoms with Crippen molar-refractivity contribution in [2.75, 3.05) is 29.7 Å². The minimum atomic E-state index is -0.900. The summed E-state index contributed by atoms with van der Waals surface area (Å²) in [5.74, 6) is 0.770. The van der Waals surface area contributed by atoms with E-state index in [1.165, 1.54) is 15.7 Å². The summed E-state index contributed by atoms with van der Waals surface area (Å²) in [6, 6.07) is 5.18. The third-order valence-electron chi connectivity index (χ3n) is 8.44. The summed E-state index contributed by atoms with van der Waals surface area (Å²) in [4.78, 5) is 24.6. The molecule has 6 rings (SSSR count). The van der Waals surface area contributed by atoms with E-state index in [-0.39, 0.29) is 35.8 Å². The van der Waals surface area contributed by atoms with E-state index in [4.69, 9.17) is 16.3 Å². The van der Waals surface area contributed by atoms with Crippen molar-refractivity contribution >= 4 is 29.1 Å². The van der Waals surface area contributed by atoms with Crippen molar-refractivity contribution in [3.05, 3.63) is 46.5 Å². The molecule has 0 radical (unpaired) electrons. The maximum absolute atomic E-state index is 14.8. The predicted molar refractivity (Wildman–Crippen MR) is 154 cm³/mol. The van der Waals surface area contributed by atoms with Gasteiger partial charge in [-0.25, -0.2) is 23.4 Å². The average molecular weight is 587 g/mol. The van der Waals surface area contributed by atoms with Crippen LogP contribution in [0.3, 0.4) is 0 Å². The Morgan fingerprint density at radius 3 is 2.85 bits per heavy atom. The van der Waals surface area contributed by atoms with E-state index in [9.17, 15) is 14.3 Å². The number of aromatic nitrogens is 5.